The Morgan fingerprint density at radius 2 is 2.39 bits per heavy atom. The summed E-state index contributed by atoms with van der Waals surface area (Å²) in [5, 5.41) is 14.2. The Kier molecular flexibility index (Phi) is 4.17. The minimum atomic E-state index is -0.943. The van der Waals surface area contributed by atoms with E-state index in [0.717, 1.165) is 13.0 Å². The Bertz CT molecular complexity index is 516. The molecule has 0 amide bonds. The Labute approximate surface area is 109 Å². The predicted octanol–water partition coefficient (Wildman–Crippen LogP) is 2.68. The van der Waals surface area contributed by atoms with Crippen LogP contribution in [0.1, 0.15) is 26.8 Å². The van der Waals surface area contributed by atoms with E-state index in [2.05, 4.69) is 16.8 Å². The Hall–Kier alpha value is -1.59. The number of hydrogen-bond donors (Lipinski definition) is 2. The zero-order valence-corrected chi connectivity index (χ0v) is 10.9. The van der Waals surface area contributed by atoms with E-state index in [-0.39, 0.29) is 5.56 Å². The molecule has 0 atom stereocenters. The Balaban J connectivity index is 1.80. The van der Waals surface area contributed by atoms with Gasteiger partial charge in [-0.1, -0.05) is 6.07 Å². The molecule has 0 saturated heterocycles. The second-order valence-electron chi connectivity index (χ2n) is 3.99. The van der Waals surface area contributed by atoms with Gasteiger partial charge in [-0.3, -0.25) is 0 Å². The number of hydrogen-bond acceptors (Lipinski definition) is 4. The van der Waals surface area contributed by atoms with Crippen molar-refractivity contribution >= 4 is 17.3 Å². The number of thiophene rings is 1. The van der Waals surface area contributed by atoms with Crippen molar-refractivity contribution in [2.24, 2.45) is 0 Å². The third-order valence-corrected chi connectivity index (χ3v) is 3.56. The highest BCUT2D eigenvalue weighted by Gasteiger charge is 2.12. The fourth-order valence-electron chi connectivity index (χ4n) is 1.72. The van der Waals surface area contributed by atoms with E-state index in [0.29, 0.717) is 18.1 Å². The quantitative estimate of drug-likeness (QED) is 0.788. The molecule has 0 saturated carbocycles. The molecule has 2 N–H and O–H groups in total. The molecule has 2 rings (SSSR count). The summed E-state index contributed by atoms with van der Waals surface area (Å²) in [4.78, 5) is 12.2. The van der Waals surface area contributed by atoms with E-state index in [9.17, 15) is 4.79 Å². The summed E-state index contributed by atoms with van der Waals surface area (Å²) in [5.41, 5.74) is 0.241. The van der Waals surface area contributed by atoms with Crippen molar-refractivity contribution < 1.29 is 14.3 Å². The van der Waals surface area contributed by atoms with Crippen molar-refractivity contribution in [3.8, 4) is 0 Å². The molecule has 2 aromatic heterocycles. The Morgan fingerprint density at radius 1 is 1.56 bits per heavy atom. The van der Waals surface area contributed by atoms with Crippen LogP contribution in [0.2, 0.25) is 0 Å². The summed E-state index contributed by atoms with van der Waals surface area (Å²) in [7, 11) is 0. The minimum Gasteiger partial charge on any atom is -0.478 e. The van der Waals surface area contributed by atoms with Crippen LogP contribution in [0.25, 0.3) is 0 Å². The minimum absolute atomic E-state index is 0.241. The average molecular weight is 265 g/mol. The van der Waals surface area contributed by atoms with Gasteiger partial charge in [-0.2, -0.15) is 0 Å². The van der Waals surface area contributed by atoms with Crippen LogP contribution in [-0.2, 0) is 13.0 Å². The highest BCUT2D eigenvalue weighted by molar-refractivity contribution is 7.09. The van der Waals surface area contributed by atoms with E-state index in [1.54, 1.807) is 24.3 Å². The van der Waals surface area contributed by atoms with Gasteiger partial charge in [0.1, 0.15) is 17.1 Å². The molecule has 0 aromatic carbocycles. The molecule has 0 aliphatic heterocycles. The molecule has 0 bridgehead atoms. The maximum atomic E-state index is 10.8. The smallest absolute Gasteiger partial charge is 0.339 e. The van der Waals surface area contributed by atoms with E-state index in [1.807, 2.05) is 6.07 Å². The third kappa shape index (κ3) is 3.21. The molecule has 5 heteroatoms. The number of aryl methyl sites for hydroxylation is 1. The summed E-state index contributed by atoms with van der Waals surface area (Å²) in [5.74, 6) is 0.176. The molecule has 4 nitrogen and oxygen atoms in total. The summed E-state index contributed by atoms with van der Waals surface area (Å²) in [6.07, 6.45) is 0.975. The molecule has 18 heavy (non-hydrogen) atoms. The fourth-order valence-corrected chi connectivity index (χ4v) is 2.43. The van der Waals surface area contributed by atoms with Crippen LogP contribution >= 0.6 is 11.3 Å². The van der Waals surface area contributed by atoms with Crippen LogP contribution < -0.4 is 5.32 Å². The first-order valence-electron chi connectivity index (χ1n) is 5.72. The second kappa shape index (κ2) is 5.84. The molecule has 2 heterocycles. The highest BCUT2D eigenvalue weighted by atomic mass is 32.1. The Morgan fingerprint density at radius 3 is 3.00 bits per heavy atom. The van der Waals surface area contributed by atoms with Crippen molar-refractivity contribution in [3.05, 3.63) is 45.5 Å². The van der Waals surface area contributed by atoms with Crippen LogP contribution in [-0.4, -0.2) is 17.6 Å². The van der Waals surface area contributed by atoms with E-state index < -0.39 is 5.97 Å². The monoisotopic (exact) mass is 265 g/mol. The van der Waals surface area contributed by atoms with Gasteiger partial charge in [0.05, 0.1) is 6.54 Å². The number of aromatic carboxylic acids is 1. The molecule has 0 aliphatic rings. The van der Waals surface area contributed by atoms with Crippen LogP contribution in [0, 0.1) is 6.92 Å². The molecular weight excluding hydrogens is 250 g/mol. The van der Waals surface area contributed by atoms with Crippen molar-refractivity contribution in [1.29, 1.82) is 0 Å². The molecule has 0 fully saturated rings. The summed E-state index contributed by atoms with van der Waals surface area (Å²) in [6, 6.07) is 5.72. The fraction of sp³-hybridized carbons (Fsp3) is 0.308. The normalized spacial score (nSPS) is 10.7. The van der Waals surface area contributed by atoms with Crippen LogP contribution in [0.4, 0.5) is 0 Å². The second-order valence-corrected chi connectivity index (χ2v) is 5.03. The number of carboxylic acids is 1. The third-order valence-electron chi connectivity index (χ3n) is 2.63. The summed E-state index contributed by atoms with van der Waals surface area (Å²) >= 11 is 1.74. The maximum absolute atomic E-state index is 10.8. The molecule has 0 aliphatic carbocycles. The lowest BCUT2D eigenvalue weighted by atomic mass is 10.2. The molecule has 0 radical (unpaired) electrons. The van der Waals surface area contributed by atoms with Crippen molar-refractivity contribution in [1.82, 2.24) is 5.32 Å². The van der Waals surface area contributed by atoms with E-state index >= 15 is 0 Å². The average Bonchev–Trinajstić information content (AvgIpc) is 2.94. The van der Waals surface area contributed by atoms with Gasteiger partial charge >= 0.3 is 5.97 Å². The highest BCUT2D eigenvalue weighted by Crippen LogP contribution is 2.14. The van der Waals surface area contributed by atoms with Crippen LogP contribution in [0.5, 0.6) is 0 Å². The van der Waals surface area contributed by atoms with E-state index in [4.69, 9.17) is 9.52 Å². The first-order valence-corrected chi connectivity index (χ1v) is 6.60. The number of rotatable bonds is 6. The number of carbonyl (C=O) groups is 1. The van der Waals surface area contributed by atoms with E-state index in [1.165, 1.54) is 4.88 Å². The number of carboxylic acid groups (broad SMARTS) is 1. The van der Waals surface area contributed by atoms with Crippen molar-refractivity contribution in [2.75, 3.05) is 6.54 Å². The summed E-state index contributed by atoms with van der Waals surface area (Å²) in [6.45, 7) is 3.07. The molecule has 2 aromatic rings. The van der Waals surface area contributed by atoms with Gasteiger partial charge in [0.2, 0.25) is 0 Å². The lowest BCUT2D eigenvalue weighted by Gasteiger charge is -2.00. The lowest BCUT2D eigenvalue weighted by Crippen LogP contribution is -2.15. The van der Waals surface area contributed by atoms with Gasteiger partial charge in [-0.15, -0.1) is 11.3 Å². The SMILES string of the molecule is Cc1oc(CNCCc2cccs2)cc1C(=O)O. The maximum Gasteiger partial charge on any atom is 0.339 e. The van der Waals surface area contributed by atoms with Gasteiger partial charge < -0.3 is 14.8 Å². The predicted molar refractivity (Wildman–Crippen MR) is 70.1 cm³/mol. The summed E-state index contributed by atoms with van der Waals surface area (Å²) < 4.78 is 5.37. The molecule has 0 unspecified atom stereocenters. The van der Waals surface area contributed by atoms with Crippen molar-refractivity contribution in [3.63, 3.8) is 0 Å². The van der Waals surface area contributed by atoms with Gasteiger partial charge in [0.15, 0.2) is 0 Å². The first kappa shape index (κ1) is 12.9. The molecule has 96 valence electrons. The topological polar surface area (TPSA) is 62.5 Å². The van der Waals surface area contributed by atoms with Crippen LogP contribution in [0.15, 0.2) is 28.0 Å². The van der Waals surface area contributed by atoms with Gasteiger partial charge in [0.25, 0.3) is 0 Å². The van der Waals surface area contributed by atoms with Crippen LogP contribution in [0.3, 0.4) is 0 Å². The standard InChI is InChI=1S/C13H15NO3S/c1-9-12(13(15)16)7-10(17-9)8-14-5-4-11-3-2-6-18-11/h2-3,6-7,14H,4-5,8H2,1H3,(H,15,16). The number of furan rings is 1. The lowest BCUT2D eigenvalue weighted by molar-refractivity contribution is 0.0695. The largest absolute Gasteiger partial charge is 0.478 e. The van der Waals surface area contributed by atoms with Gasteiger partial charge in [0, 0.05) is 11.4 Å². The zero-order valence-electron chi connectivity index (χ0n) is 10.1. The zero-order chi connectivity index (χ0) is 13.0. The molecule has 0 spiro atoms. The van der Waals surface area contributed by atoms with Gasteiger partial charge in [-0.25, -0.2) is 4.79 Å². The van der Waals surface area contributed by atoms with Crippen molar-refractivity contribution in [2.45, 2.75) is 19.9 Å². The number of nitrogens with one attached hydrogen (secondary N) is 1. The van der Waals surface area contributed by atoms with Gasteiger partial charge in [-0.05, 0) is 30.9 Å². The molecular formula is C13H15NO3S. The first-order chi connectivity index (χ1) is 8.66.